The van der Waals surface area contributed by atoms with Gasteiger partial charge in [-0.3, -0.25) is 5.41 Å². The normalized spacial score (nSPS) is 26.8. The second-order valence-electron chi connectivity index (χ2n) is 7.13. The molecule has 1 fully saturated rings. The van der Waals surface area contributed by atoms with E-state index >= 15 is 0 Å². The maximum atomic E-state index is 13.6. The van der Waals surface area contributed by atoms with Gasteiger partial charge in [-0.25, -0.2) is 4.79 Å². The molecule has 0 aromatic heterocycles. The van der Waals surface area contributed by atoms with Crippen LogP contribution in [0.1, 0.15) is 18.1 Å². The Balaban J connectivity index is 2.37. The Morgan fingerprint density at radius 3 is 2.16 bits per heavy atom. The Hall–Kier alpha value is -2.67. The first-order valence-electron chi connectivity index (χ1n) is 9.64. The number of alkyl halides is 3. The number of benzene rings is 1. The minimum Gasteiger partial charge on any atom is -0.479 e. The number of hydrogen-bond donors (Lipinski definition) is 6. The van der Waals surface area contributed by atoms with Gasteiger partial charge in [0.2, 0.25) is 12.2 Å². The van der Waals surface area contributed by atoms with Crippen molar-refractivity contribution in [3.8, 4) is 0 Å². The van der Waals surface area contributed by atoms with E-state index in [-0.39, 0.29) is 6.42 Å². The Labute approximate surface area is 181 Å². The van der Waals surface area contributed by atoms with E-state index in [1.807, 2.05) is 12.2 Å². The van der Waals surface area contributed by atoms with Crippen molar-refractivity contribution in [1.82, 2.24) is 5.32 Å². The first-order chi connectivity index (χ1) is 14.9. The minimum atomic E-state index is -4.88. The first-order valence-corrected chi connectivity index (χ1v) is 9.64. The Bertz CT molecular complexity index is 858. The van der Waals surface area contributed by atoms with Crippen molar-refractivity contribution in [3.63, 3.8) is 0 Å². The van der Waals surface area contributed by atoms with Crippen molar-refractivity contribution in [2.75, 3.05) is 7.05 Å². The number of nitrogens with one attached hydrogen (secondary N) is 2. The lowest BCUT2D eigenvalue weighted by Gasteiger charge is -2.38. The molecule has 1 aromatic carbocycles. The van der Waals surface area contributed by atoms with E-state index < -0.39 is 60.0 Å². The molecular formula is C20H25F3N2O7. The van der Waals surface area contributed by atoms with Gasteiger partial charge >= 0.3 is 12.1 Å². The van der Waals surface area contributed by atoms with E-state index in [0.29, 0.717) is 5.56 Å². The van der Waals surface area contributed by atoms with Gasteiger partial charge in [-0.2, -0.15) is 13.2 Å². The summed E-state index contributed by atoms with van der Waals surface area (Å²) in [6, 6.07) is 6.66. The van der Waals surface area contributed by atoms with Gasteiger partial charge in [0.25, 0.3) is 0 Å². The molecule has 2 rings (SSSR count). The number of aryl methyl sites for hydroxylation is 1. The van der Waals surface area contributed by atoms with Gasteiger partial charge < -0.3 is 35.2 Å². The molecular weight excluding hydrogens is 437 g/mol. The van der Waals surface area contributed by atoms with Gasteiger partial charge in [-0.05, 0) is 17.5 Å². The Kier molecular flexibility index (Phi) is 8.24. The summed E-state index contributed by atoms with van der Waals surface area (Å²) in [4.78, 5) is 11.2. The molecule has 0 radical (unpaired) electrons. The van der Waals surface area contributed by atoms with Crippen LogP contribution in [-0.2, 0) is 27.1 Å². The predicted molar refractivity (Wildman–Crippen MR) is 105 cm³/mol. The minimum absolute atomic E-state index is 0.380. The van der Waals surface area contributed by atoms with Crippen LogP contribution in [0.15, 0.2) is 35.5 Å². The van der Waals surface area contributed by atoms with E-state index in [1.165, 1.54) is 0 Å². The standard InChI is InChI=1S/C20H25F3N2O7/c1-3-9-4-6-10(7-5-9)8-11(16(25-2)20(21,22)23)17(24)32-19-14(28)12(26)13(27)15(31-19)18(29)30/h4-7,12-15,19,24-28H,3,8H2,1-2H3,(H,29,30)/b16-11-,24-17?/t12-,13-,14+,15?,19-/m0/s1. The summed E-state index contributed by atoms with van der Waals surface area (Å²) in [5, 5.41) is 48.8. The molecule has 1 aromatic rings. The van der Waals surface area contributed by atoms with Gasteiger partial charge in [-0.15, -0.1) is 0 Å². The highest BCUT2D eigenvalue weighted by Crippen LogP contribution is 2.30. The number of aliphatic hydroxyl groups is 3. The third-order valence-corrected chi connectivity index (χ3v) is 4.97. The number of carbonyl (C=O) groups is 1. The first kappa shape index (κ1) is 25.6. The molecule has 6 N–H and O–H groups in total. The topological polar surface area (TPSA) is 152 Å². The van der Waals surface area contributed by atoms with Crippen molar-refractivity contribution in [2.45, 2.75) is 56.6 Å². The van der Waals surface area contributed by atoms with Crippen LogP contribution < -0.4 is 5.32 Å². The van der Waals surface area contributed by atoms with Gasteiger partial charge in [0, 0.05) is 19.0 Å². The molecule has 12 heteroatoms. The van der Waals surface area contributed by atoms with Crippen molar-refractivity contribution in [3.05, 3.63) is 46.7 Å². The third-order valence-electron chi connectivity index (χ3n) is 4.97. The molecule has 1 aliphatic rings. The summed E-state index contributed by atoms with van der Waals surface area (Å²) >= 11 is 0. The zero-order valence-electron chi connectivity index (χ0n) is 17.3. The number of halogens is 3. The van der Waals surface area contributed by atoms with Gasteiger partial charge in [0.1, 0.15) is 24.0 Å². The molecule has 0 spiro atoms. The fourth-order valence-corrected chi connectivity index (χ4v) is 3.18. The zero-order valence-corrected chi connectivity index (χ0v) is 17.3. The summed E-state index contributed by atoms with van der Waals surface area (Å²) in [6.07, 6.45) is -14.6. The van der Waals surface area contributed by atoms with E-state index in [1.54, 1.807) is 24.3 Å². The van der Waals surface area contributed by atoms with Crippen LogP contribution in [0.2, 0.25) is 0 Å². The van der Waals surface area contributed by atoms with Crippen molar-refractivity contribution >= 4 is 11.9 Å². The summed E-state index contributed by atoms with van der Waals surface area (Å²) in [6.45, 7) is 1.91. The zero-order chi connectivity index (χ0) is 24.2. The second kappa shape index (κ2) is 10.3. The van der Waals surface area contributed by atoms with Gasteiger partial charge in [-0.1, -0.05) is 31.2 Å². The highest BCUT2D eigenvalue weighted by atomic mass is 19.4. The number of ether oxygens (including phenoxy) is 2. The summed E-state index contributed by atoms with van der Waals surface area (Å²) < 4.78 is 50.7. The summed E-state index contributed by atoms with van der Waals surface area (Å²) in [5.41, 5.74) is -0.511. The van der Waals surface area contributed by atoms with Crippen molar-refractivity contribution in [2.24, 2.45) is 0 Å². The van der Waals surface area contributed by atoms with Crippen LogP contribution in [0.5, 0.6) is 0 Å². The van der Waals surface area contributed by atoms with Crippen LogP contribution in [-0.4, -0.2) is 76.2 Å². The maximum absolute atomic E-state index is 13.6. The van der Waals surface area contributed by atoms with Crippen LogP contribution in [0.25, 0.3) is 0 Å². The third kappa shape index (κ3) is 5.76. The number of aliphatic carboxylic acids is 1. The number of carboxylic acid groups (broad SMARTS) is 1. The molecule has 32 heavy (non-hydrogen) atoms. The predicted octanol–water partition coefficient (Wildman–Crippen LogP) is 0.713. The smallest absolute Gasteiger partial charge is 0.431 e. The van der Waals surface area contributed by atoms with Crippen molar-refractivity contribution in [1.29, 1.82) is 5.41 Å². The Morgan fingerprint density at radius 1 is 1.12 bits per heavy atom. The molecule has 0 amide bonds. The number of hydrogen-bond acceptors (Lipinski definition) is 8. The maximum Gasteiger partial charge on any atom is 0.431 e. The molecule has 9 nitrogen and oxygen atoms in total. The molecule has 0 aliphatic carbocycles. The number of aliphatic hydroxyl groups excluding tert-OH is 3. The van der Waals surface area contributed by atoms with Crippen LogP contribution in [0.4, 0.5) is 13.2 Å². The number of carboxylic acids is 1. The SMILES string of the molecule is CCc1ccc(C/C(C(=N)O[C@@H]2OC(C(=O)O)[C@@H](O)[C@H](O)[C@H]2O)=C(/NC)C(F)(F)F)cc1. The second-order valence-corrected chi connectivity index (χ2v) is 7.13. The lowest BCUT2D eigenvalue weighted by Crippen LogP contribution is -2.60. The highest BCUT2D eigenvalue weighted by Gasteiger charge is 2.49. The van der Waals surface area contributed by atoms with E-state index in [2.05, 4.69) is 0 Å². The van der Waals surface area contributed by atoms with Crippen LogP contribution >= 0.6 is 0 Å². The van der Waals surface area contributed by atoms with Crippen molar-refractivity contribution < 1.29 is 47.9 Å². The summed E-state index contributed by atoms with van der Waals surface area (Å²) in [5.74, 6) is -2.75. The fraction of sp³-hybridized carbons (Fsp3) is 0.500. The average molecular weight is 462 g/mol. The van der Waals surface area contributed by atoms with E-state index in [0.717, 1.165) is 19.0 Å². The molecule has 178 valence electrons. The van der Waals surface area contributed by atoms with E-state index in [4.69, 9.17) is 20.0 Å². The average Bonchev–Trinajstić information content (AvgIpc) is 2.73. The number of rotatable bonds is 7. The molecule has 1 unspecified atom stereocenters. The molecule has 1 aliphatic heterocycles. The molecule has 1 saturated heterocycles. The molecule has 0 saturated carbocycles. The van der Waals surface area contributed by atoms with Crippen LogP contribution in [0, 0.1) is 5.41 Å². The Morgan fingerprint density at radius 2 is 1.69 bits per heavy atom. The van der Waals surface area contributed by atoms with Crippen LogP contribution in [0.3, 0.4) is 0 Å². The molecule has 1 heterocycles. The van der Waals surface area contributed by atoms with Gasteiger partial charge in [0.05, 0.1) is 0 Å². The molecule has 0 bridgehead atoms. The van der Waals surface area contributed by atoms with Gasteiger partial charge in [0.15, 0.2) is 6.10 Å². The monoisotopic (exact) mass is 462 g/mol. The molecule has 5 atom stereocenters. The quantitative estimate of drug-likeness (QED) is 0.256. The largest absolute Gasteiger partial charge is 0.479 e. The number of allylic oxidation sites excluding steroid dienone is 1. The fourth-order valence-electron chi connectivity index (χ4n) is 3.18. The lowest BCUT2D eigenvalue weighted by atomic mass is 9.98. The van der Waals surface area contributed by atoms with E-state index in [9.17, 15) is 33.3 Å². The summed E-state index contributed by atoms with van der Waals surface area (Å²) in [7, 11) is 1.02. The highest BCUT2D eigenvalue weighted by molar-refractivity contribution is 5.92. The lowest BCUT2D eigenvalue weighted by molar-refractivity contribution is -0.274.